The molecule has 1 unspecified atom stereocenters. The van der Waals surface area contributed by atoms with Gasteiger partial charge in [0.15, 0.2) is 0 Å². The molecule has 4 heteroatoms. The average Bonchev–Trinajstić information content (AvgIpc) is 2.65. The molecule has 1 spiro atoms. The van der Waals surface area contributed by atoms with Gasteiger partial charge in [-0.3, -0.25) is 4.79 Å². The van der Waals surface area contributed by atoms with Crippen LogP contribution in [0.1, 0.15) is 69.5 Å². The second kappa shape index (κ2) is 7.27. The van der Waals surface area contributed by atoms with Crippen molar-refractivity contribution >= 4 is 21.8 Å². The summed E-state index contributed by atoms with van der Waals surface area (Å²) < 4.78 is 1.12. The molecule has 1 saturated carbocycles. The Morgan fingerprint density at radius 3 is 2.46 bits per heavy atom. The lowest BCUT2D eigenvalue weighted by Crippen LogP contribution is -2.56. The molecule has 0 aromatic heterocycles. The van der Waals surface area contributed by atoms with Gasteiger partial charge in [-0.05, 0) is 92.6 Å². The van der Waals surface area contributed by atoms with Gasteiger partial charge in [-0.1, -0.05) is 35.8 Å². The first-order valence-electron chi connectivity index (χ1n) is 10.3. The Balaban J connectivity index is 1.66. The van der Waals surface area contributed by atoms with Crippen LogP contribution in [-0.2, 0) is 10.2 Å². The molecule has 0 bridgehead atoms. The maximum Gasteiger partial charge on any atom is 0.231 e. The van der Waals surface area contributed by atoms with Crippen molar-refractivity contribution in [3.8, 4) is 0 Å². The van der Waals surface area contributed by atoms with E-state index < -0.39 is 0 Å². The first-order valence-corrected chi connectivity index (χ1v) is 11.1. The van der Waals surface area contributed by atoms with Gasteiger partial charge in [-0.15, -0.1) is 0 Å². The summed E-state index contributed by atoms with van der Waals surface area (Å²) in [4.78, 5) is 13.3. The normalized spacial score (nSPS) is 30.9. The van der Waals surface area contributed by atoms with Crippen LogP contribution in [0.25, 0.3) is 0 Å². The quantitative estimate of drug-likeness (QED) is 0.730. The van der Waals surface area contributed by atoms with E-state index >= 15 is 0 Å². The molecule has 1 amide bonds. The first-order chi connectivity index (χ1) is 12.5. The molecule has 2 heterocycles. The number of carbonyl (C=O) groups excluding carboxylic acids is 1. The zero-order chi connectivity index (χ0) is 18.3. The molecule has 3 nitrogen and oxygen atoms in total. The van der Waals surface area contributed by atoms with Crippen molar-refractivity contribution < 1.29 is 4.79 Å². The third-order valence-electron chi connectivity index (χ3n) is 7.27. The first kappa shape index (κ1) is 18.5. The van der Waals surface area contributed by atoms with Crippen LogP contribution in [0.4, 0.5) is 0 Å². The van der Waals surface area contributed by atoms with Crippen molar-refractivity contribution in [2.75, 3.05) is 13.1 Å². The molecule has 3 aliphatic rings. The Morgan fingerprint density at radius 2 is 1.81 bits per heavy atom. The number of amides is 1. The summed E-state index contributed by atoms with van der Waals surface area (Å²) in [7, 11) is 0. The lowest BCUT2D eigenvalue weighted by molar-refractivity contribution is -0.130. The number of nitrogens with one attached hydrogen (secondary N) is 2. The van der Waals surface area contributed by atoms with Crippen LogP contribution >= 0.6 is 15.9 Å². The third kappa shape index (κ3) is 3.13. The maximum atomic E-state index is 13.3. The summed E-state index contributed by atoms with van der Waals surface area (Å²) in [6, 6.07) is 6.80. The largest absolute Gasteiger partial charge is 0.348 e. The summed E-state index contributed by atoms with van der Waals surface area (Å²) in [5.41, 5.74) is 2.34. The zero-order valence-electron chi connectivity index (χ0n) is 16.0. The molecule has 26 heavy (non-hydrogen) atoms. The molecule has 2 N–H and O–H groups in total. The van der Waals surface area contributed by atoms with E-state index in [1.165, 1.54) is 36.8 Å². The van der Waals surface area contributed by atoms with E-state index in [-0.39, 0.29) is 17.4 Å². The Morgan fingerprint density at radius 1 is 1.12 bits per heavy atom. The molecule has 2 fully saturated rings. The van der Waals surface area contributed by atoms with Crippen LogP contribution < -0.4 is 10.6 Å². The highest BCUT2D eigenvalue weighted by atomic mass is 79.9. The van der Waals surface area contributed by atoms with Crippen molar-refractivity contribution in [3.63, 3.8) is 0 Å². The minimum Gasteiger partial charge on any atom is -0.348 e. The Bertz CT molecular complexity index is 673. The molecule has 1 aromatic rings. The van der Waals surface area contributed by atoms with Crippen LogP contribution in [0.5, 0.6) is 0 Å². The number of carbonyl (C=O) groups is 1. The lowest BCUT2D eigenvalue weighted by Gasteiger charge is -2.46. The van der Waals surface area contributed by atoms with Crippen molar-refractivity contribution in [2.24, 2.45) is 17.8 Å². The number of halogens is 1. The lowest BCUT2D eigenvalue weighted by atomic mass is 9.64. The van der Waals surface area contributed by atoms with Crippen molar-refractivity contribution in [2.45, 2.75) is 63.8 Å². The van der Waals surface area contributed by atoms with Crippen molar-refractivity contribution in [3.05, 3.63) is 33.8 Å². The highest BCUT2D eigenvalue weighted by molar-refractivity contribution is 9.10. The third-order valence-corrected chi connectivity index (χ3v) is 7.77. The topological polar surface area (TPSA) is 41.1 Å². The van der Waals surface area contributed by atoms with Crippen molar-refractivity contribution in [1.29, 1.82) is 0 Å². The summed E-state index contributed by atoms with van der Waals surface area (Å²) >= 11 is 3.67. The zero-order valence-corrected chi connectivity index (χ0v) is 17.6. The molecule has 1 atom stereocenters. The smallest absolute Gasteiger partial charge is 0.231 e. The van der Waals surface area contributed by atoms with E-state index in [0.717, 1.165) is 42.2 Å². The number of hydrogen-bond acceptors (Lipinski definition) is 2. The molecule has 4 rings (SSSR count). The fraction of sp³-hybridized carbons (Fsp3) is 0.682. The summed E-state index contributed by atoms with van der Waals surface area (Å²) in [6.45, 7) is 6.54. The fourth-order valence-electron chi connectivity index (χ4n) is 5.57. The highest BCUT2D eigenvalue weighted by Gasteiger charge is 2.48. The predicted molar refractivity (Wildman–Crippen MR) is 109 cm³/mol. The van der Waals surface area contributed by atoms with Gasteiger partial charge in [-0.25, -0.2) is 0 Å². The number of benzene rings is 1. The molecule has 1 saturated heterocycles. The summed E-state index contributed by atoms with van der Waals surface area (Å²) in [5.74, 6) is 2.46. The van der Waals surface area contributed by atoms with Gasteiger partial charge >= 0.3 is 0 Å². The second-order valence-corrected chi connectivity index (χ2v) is 9.85. The Kier molecular flexibility index (Phi) is 5.17. The van der Waals surface area contributed by atoms with Gasteiger partial charge in [0.05, 0.1) is 11.5 Å². The monoisotopic (exact) mass is 418 g/mol. The molecular formula is C22H31BrN2O. The van der Waals surface area contributed by atoms with Crippen LogP contribution in [0.3, 0.4) is 0 Å². The molecule has 142 valence electrons. The van der Waals surface area contributed by atoms with E-state index in [4.69, 9.17) is 0 Å². The Labute approximate surface area is 165 Å². The van der Waals surface area contributed by atoms with Crippen LogP contribution in [0.2, 0.25) is 0 Å². The summed E-state index contributed by atoms with van der Waals surface area (Å²) in [6.07, 6.45) is 6.86. The number of rotatable bonds is 2. The van der Waals surface area contributed by atoms with E-state index in [9.17, 15) is 4.79 Å². The van der Waals surface area contributed by atoms with Crippen molar-refractivity contribution in [1.82, 2.24) is 10.6 Å². The van der Waals surface area contributed by atoms with Gasteiger partial charge in [0.1, 0.15) is 0 Å². The number of piperidine rings is 1. The van der Waals surface area contributed by atoms with Gasteiger partial charge < -0.3 is 10.6 Å². The van der Waals surface area contributed by atoms with Crippen LogP contribution in [0.15, 0.2) is 22.7 Å². The molecular weight excluding hydrogens is 388 g/mol. The minimum atomic E-state index is -0.326. The predicted octanol–water partition coefficient (Wildman–Crippen LogP) is 4.70. The minimum absolute atomic E-state index is 0.184. The highest BCUT2D eigenvalue weighted by Crippen LogP contribution is 2.47. The SMILES string of the molecule is CC(C)C1CCC(C2NC(=O)C3(CCNCC3)c3ccc(Br)cc32)CC1. The van der Waals surface area contributed by atoms with E-state index in [1.54, 1.807) is 0 Å². The number of fused-ring (bicyclic) bond motifs is 2. The maximum absolute atomic E-state index is 13.3. The Hall–Kier alpha value is -0.870. The second-order valence-electron chi connectivity index (χ2n) is 8.93. The fourth-order valence-corrected chi connectivity index (χ4v) is 5.95. The number of hydrogen-bond donors (Lipinski definition) is 2. The van der Waals surface area contributed by atoms with Gasteiger partial charge in [0, 0.05) is 4.47 Å². The average molecular weight is 419 g/mol. The van der Waals surface area contributed by atoms with Crippen LogP contribution in [0, 0.1) is 17.8 Å². The molecule has 2 aliphatic heterocycles. The molecule has 0 radical (unpaired) electrons. The van der Waals surface area contributed by atoms with Gasteiger partial charge in [0.2, 0.25) is 5.91 Å². The van der Waals surface area contributed by atoms with Gasteiger partial charge in [-0.2, -0.15) is 0 Å². The standard InChI is InChI=1S/C22H31BrN2O/c1-14(2)15-3-5-16(6-4-15)20-18-13-17(23)7-8-19(18)22(21(26)25-20)9-11-24-12-10-22/h7-8,13-16,20,24H,3-6,9-12H2,1-2H3,(H,25,26). The van der Waals surface area contributed by atoms with Crippen LogP contribution in [-0.4, -0.2) is 19.0 Å². The summed E-state index contributed by atoms with van der Waals surface area (Å²) in [5, 5.41) is 6.91. The van der Waals surface area contributed by atoms with E-state index in [2.05, 4.69) is 58.6 Å². The van der Waals surface area contributed by atoms with E-state index in [1.807, 2.05) is 0 Å². The molecule has 1 aromatic carbocycles. The van der Waals surface area contributed by atoms with E-state index in [0.29, 0.717) is 5.92 Å². The molecule has 1 aliphatic carbocycles. The van der Waals surface area contributed by atoms with Gasteiger partial charge in [0.25, 0.3) is 0 Å².